The molecule has 0 aliphatic carbocycles. The molecule has 1 fully saturated rings. The number of nitrogens with one attached hydrogen (secondary N) is 1. The monoisotopic (exact) mass is 239 g/mol. The van der Waals surface area contributed by atoms with Gasteiger partial charge in [0.2, 0.25) is 0 Å². The van der Waals surface area contributed by atoms with Gasteiger partial charge in [-0.1, -0.05) is 12.1 Å². The van der Waals surface area contributed by atoms with Gasteiger partial charge in [-0.25, -0.2) is 4.39 Å². The van der Waals surface area contributed by atoms with Crippen LogP contribution in [0.3, 0.4) is 0 Å². The quantitative estimate of drug-likeness (QED) is 0.874. The minimum atomic E-state index is -0.200. The van der Waals surface area contributed by atoms with Crippen molar-refractivity contribution in [3.8, 4) is 0 Å². The van der Waals surface area contributed by atoms with Gasteiger partial charge in [0.1, 0.15) is 12.6 Å². The summed E-state index contributed by atoms with van der Waals surface area (Å²) in [6.07, 6.45) is 1.13. The molecule has 17 heavy (non-hydrogen) atoms. The Morgan fingerprint density at radius 2 is 2.18 bits per heavy atom. The van der Waals surface area contributed by atoms with Crippen molar-refractivity contribution in [1.82, 2.24) is 5.32 Å². The summed E-state index contributed by atoms with van der Waals surface area (Å²) in [7, 11) is 0. The van der Waals surface area contributed by atoms with Gasteiger partial charge < -0.3 is 14.8 Å². The molecular formula is C13H18FNO2. The van der Waals surface area contributed by atoms with Gasteiger partial charge in [0.05, 0.1) is 12.7 Å². The summed E-state index contributed by atoms with van der Waals surface area (Å²) in [5, 5.41) is 3.39. The Hall–Kier alpha value is -0.970. The second-order valence-electron chi connectivity index (χ2n) is 4.28. The van der Waals surface area contributed by atoms with Gasteiger partial charge in [0, 0.05) is 12.6 Å². The maximum Gasteiger partial charge on any atom is 0.147 e. The molecule has 1 aromatic rings. The first-order valence-corrected chi connectivity index (χ1v) is 5.94. The van der Waals surface area contributed by atoms with Crippen molar-refractivity contribution < 1.29 is 13.9 Å². The second kappa shape index (κ2) is 6.10. The third-order valence-electron chi connectivity index (χ3n) is 2.99. The summed E-state index contributed by atoms with van der Waals surface area (Å²) < 4.78 is 23.3. The zero-order chi connectivity index (χ0) is 12.1. The molecule has 0 spiro atoms. The predicted octanol–water partition coefficient (Wildman–Crippen LogP) is 2.24. The summed E-state index contributed by atoms with van der Waals surface area (Å²) >= 11 is 0. The van der Waals surface area contributed by atoms with Crippen LogP contribution in [0.25, 0.3) is 0 Å². The standard InChI is InChI=1S/C13H18FNO2/c1-10(11-2-4-12(14)5-3-11)15-8-13-6-7-16-9-17-13/h2-5,10,13,15H,6-9H2,1H3/t10-,13?/m1/s1. The van der Waals surface area contributed by atoms with E-state index in [0.717, 1.165) is 25.1 Å². The lowest BCUT2D eigenvalue weighted by atomic mass is 10.1. The number of ether oxygens (including phenoxy) is 2. The van der Waals surface area contributed by atoms with Crippen LogP contribution in [0.4, 0.5) is 4.39 Å². The van der Waals surface area contributed by atoms with E-state index in [0.29, 0.717) is 6.79 Å². The summed E-state index contributed by atoms with van der Waals surface area (Å²) in [4.78, 5) is 0. The third-order valence-corrected chi connectivity index (χ3v) is 2.99. The van der Waals surface area contributed by atoms with Crippen molar-refractivity contribution in [2.24, 2.45) is 0 Å². The lowest BCUT2D eigenvalue weighted by molar-refractivity contribution is -0.137. The molecule has 0 bridgehead atoms. The molecule has 0 amide bonds. The van der Waals surface area contributed by atoms with E-state index >= 15 is 0 Å². The largest absolute Gasteiger partial charge is 0.355 e. The minimum Gasteiger partial charge on any atom is -0.355 e. The lowest BCUT2D eigenvalue weighted by Crippen LogP contribution is -2.35. The van der Waals surface area contributed by atoms with Crippen LogP contribution in [0.15, 0.2) is 24.3 Å². The first-order valence-electron chi connectivity index (χ1n) is 5.94. The summed E-state index contributed by atoms with van der Waals surface area (Å²) in [5.74, 6) is -0.200. The van der Waals surface area contributed by atoms with Crippen LogP contribution in [0, 0.1) is 5.82 Å². The molecule has 1 unspecified atom stereocenters. The van der Waals surface area contributed by atoms with Gasteiger partial charge in [-0.05, 0) is 31.0 Å². The van der Waals surface area contributed by atoms with Crippen LogP contribution in [0.5, 0.6) is 0 Å². The van der Waals surface area contributed by atoms with E-state index in [1.165, 1.54) is 12.1 Å². The van der Waals surface area contributed by atoms with Crippen LogP contribution < -0.4 is 5.32 Å². The lowest BCUT2D eigenvalue weighted by Gasteiger charge is -2.25. The molecule has 0 radical (unpaired) electrons. The Balaban J connectivity index is 1.80. The average molecular weight is 239 g/mol. The van der Waals surface area contributed by atoms with E-state index < -0.39 is 0 Å². The highest BCUT2D eigenvalue weighted by molar-refractivity contribution is 5.19. The Morgan fingerprint density at radius 1 is 1.41 bits per heavy atom. The van der Waals surface area contributed by atoms with E-state index in [9.17, 15) is 4.39 Å². The Labute approximate surface area is 101 Å². The van der Waals surface area contributed by atoms with E-state index in [1.807, 2.05) is 0 Å². The number of hydrogen-bond donors (Lipinski definition) is 1. The molecule has 1 aliphatic rings. The summed E-state index contributed by atoms with van der Waals surface area (Å²) in [5.41, 5.74) is 1.08. The Kier molecular flexibility index (Phi) is 4.48. The first-order chi connectivity index (χ1) is 8.25. The fraction of sp³-hybridized carbons (Fsp3) is 0.538. The molecule has 1 N–H and O–H groups in total. The highest BCUT2D eigenvalue weighted by atomic mass is 19.1. The molecular weight excluding hydrogens is 221 g/mol. The minimum absolute atomic E-state index is 0.196. The summed E-state index contributed by atoms with van der Waals surface area (Å²) in [6, 6.07) is 6.77. The molecule has 0 aromatic heterocycles. The molecule has 94 valence electrons. The third kappa shape index (κ3) is 3.77. The van der Waals surface area contributed by atoms with Crippen LogP contribution in [0.1, 0.15) is 24.9 Å². The normalized spacial score (nSPS) is 22.4. The Bertz CT molecular complexity index is 336. The predicted molar refractivity (Wildman–Crippen MR) is 63.1 cm³/mol. The SMILES string of the molecule is C[C@@H](NCC1CCOCO1)c1ccc(F)cc1. The van der Waals surface area contributed by atoms with Gasteiger partial charge in [0.25, 0.3) is 0 Å². The maximum atomic E-state index is 12.8. The summed E-state index contributed by atoms with van der Waals surface area (Å²) in [6.45, 7) is 4.00. The molecule has 1 aliphatic heterocycles. The molecule has 3 nitrogen and oxygen atoms in total. The van der Waals surface area contributed by atoms with Crippen LogP contribution in [-0.2, 0) is 9.47 Å². The number of rotatable bonds is 4. The van der Waals surface area contributed by atoms with Crippen molar-refractivity contribution >= 4 is 0 Å². The fourth-order valence-corrected chi connectivity index (χ4v) is 1.84. The van der Waals surface area contributed by atoms with Gasteiger partial charge in [-0.15, -0.1) is 0 Å². The molecule has 1 heterocycles. The smallest absolute Gasteiger partial charge is 0.147 e. The van der Waals surface area contributed by atoms with Crippen molar-refractivity contribution in [1.29, 1.82) is 0 Å². The molecule has 1 aromatic carbocycles. The first kappa shape index (κ1) is 12.5. The fourth-order valence-electron chi connectivity index (χ4n) is 1.84. The topological polar surface area (TPSA) is 30.5 Å². The van der Waals surface area contributed by atoms with E-state index in [1.54, 1.807) is 12.1 Å². The van der Waals surface area contributed by atoms with Crippen molar-refractivity contribution in [3.05, 3.63) is 35.6 Å². The van der Waals surface area contributed by atoms with E-state index in [2.05, 4.69) is 12.2 Å². The van der Waals surface area contributed by atoms with E-state index in [-0.39, 0.29) is 18.0 Å². The highest BCUT2D eigenvalue weighted by Gasteiger charge is 2.15. The van der Waals surface area contributed by atoms with Crippen LogP contribution in [0.2, 0.25) is 0 Å². The number of benzene rings is 1. The van der Waals surface area contributed by atoms with Gasteiger partial charge >= 0.3 is 0 Å². The zero-order valence-corrected chi connectivity index (χ0v) is 9.99. The molecule has 0 saturated carbocycles. The average Bonchev–Trinajstić information content (AvgIpc) is 2.38. The second-order valence-corrected chi connectivity index (χ2v) is 4.28. The van der Waals surface area contributed by atoms with Crippen molar-refractivity contribution in [2.75, 3.05) is 19.9 Å². The van der Waals surface area contributed by atoms with E-state index in [4.69, 9.17) is 9.47 Å². The Morgan fingerprint density at radius 3 is 2.82 bits per heavy atom. The molecule has 4 heteroatoms. The number of halogens is 1. The van der Waals surface area contributed by atoms with Crippen LogP contribution in [-0.4, -0.2) is 26.0 Å². The van der Waals surface area contributed by atoms with Crippen molar-refractivity contribution in [3.63, 3.8) is 0 Å². The van der Waals surface area contributed by atoms with Crippen LogP contribution >= 0.6 is 0 Å². The maximum absolute atomic E-state index is 12.8. The molecule has 2 rings (SSSR count). The van der Waals surface area contributed by atoms with Gasteiger partial charge in [-0.3, -0.25) is 0 Å². The van der Waals surface area contributed by atoms with Gasteiger partial charge in [0.15, 0.2) is 0 Å². The molecule has 2 atom stereocenters. The molecule has 1 saturated heterocycles. The number of hydrogen-bond acceptors (Lipinski definition) is 3. The van der Waals surface area contributed by atoms with Gasteiger partial charge in [-0.2, -0.15) is 0 Å². The highest BCUT2D eigenvalue weighted by Crippen LogP contribution is 2.13. The van der Waals surface area contributed by atoms with Crippen molar-refractivity contribution in [2.45, 2.75) is 25.5 Å². The zero-order valence-electron chi connectivity index (χ0n) is 9.99.